The standard InChI is InChI=1S/C21H28Cl2O5/c1-12(2)16-7-5-13(3)9-19(16)28-20(24)11-26-21(25)14(4)27-18-8-6-15(22)10-17(18)23/h6,8,10,12-14,16,19H,5,7,9,11H2,1-4H3/t13-,14+,16-,19+/m1/s1. The Morgan fingerprint density at radius 3 is 2.54 bits per heavy atom. The van der Waals surface area contributed by atoms with Crippen molar-refractivity contribution >= 4 is 35.1 Å². The molecule has 0 N–H and O–H groups in total. The summed E-state index contributed by atoms with van der Waals surface area (Å²) in [6, 6.07) is 4.69. The van der Waals surface area contributed by atoms with E-state index >= 15 is 0 Å². The van der Waals surface area contributed by atoms with E-state index in [2.05, 4.69) is 20.8 Å². The van der Waals surface area contributed by atoms with Gasteiger partial charge >= 0.3 is 11.9 Å². The molecule has 0 spiro atoms. The summed E-state index contributed by atoms with van der Waals surface area (Å²) in [5, 5.41) is 0.754. The molecule has 4 atom stereocenters. The molecule has 0 heterocycles. The molecule has 0 amide bonds. The molecule has 1 aliphatic rings. The van der Waals surface area contributed by atoms with Gasteiger partial charge in [0.05, 0.1) is 5.02 Å². The van der Waals surface area contributed by atoms with Gasteiger partial charge in [-0.1, -0.05) is 50.4 Å². The fourth-order valence-electron chi connectivity index (χ4n) is 3.51. The Kier molecular flexibility index (Phi) is 8.44. The normalized spacial score (nSPS) is 23.2. The Morgan fingerprint density at radius 1 is 1.18 bits per heavy atom. The van der Waals surface area contributed by atoms with Gasteiger partial charge in [-0.25, -0.2) is 9.59 Å². The fourth-order valence-corrected chi connectivity index (χ4v) is 3.96. The van der Waals surface area contributed by atoms with Crippen molar-refractivity contribution in [2.24, 2.45) is 17.8 Å². The second-order valence-corrected chi connectivity index (χ2v) is 8.64. The van der Waals surface area contributed by atoms with E-state index in [0.717, 1.165) is 19.3 Å². The number of benzene rings is 1. The van der Waals surface area contributed by atoms with Gasteiger partial charge < -0.3 is 14.2 Å². The molecule has 5 nitrogen and oxygen atoms in total. The average Bonchev–Trinajstić information content (AvgIpc) is 2.61. The molecule has 1 aromatic rings. The van der Waals surface area contributed by atoms with Crippen LogP contribution >= 0.6 is 23.2 Å². The minimum Gasteiger partial charge on any atom is -0.477 e. The van der Waals surface area contributed by atoms with Gasteiger partial charge in [-0.2, -0.15) is 0 Å². The first kappa shape index (κ1) is 22.8. The molecule has 0 bridgehead atoms. The number of carbonyl (C=O) groups is 2. The third-order valence-electron chi connectivity index (χ3n) is 5.11. The van der Waals surface area contributed by atoms with E-state index in [1.165, 1.54) is 13.0 Å². The zero-order valence-electron chi connectivity index (χ0n) is 16.7. The van der Waals surface area contributed by atoms with Gasteiger partial charge in [0, 0.05) is 5.02 Å². The third-order valence-corrected chi connectivity index (χ3v) is 5.64. The molecule has 7 heteroatoms. The highest BCUT2D eigenvalue weighted by Gasteiger charge is 2.33. The summed E-state index contributed by atoms with van der Waals surface area (Å²) in [4.78, 5) is 24.3. The maximum Gasteiger partial charge on any atom is 0.347 e. The predicted molar refractivity (Wildman–Crippen MR) is 109 cm³/mol. The van der Waals surface area contributed by atoms with Crippen LogP contribution in [0.15, 0.2) is 18.2 Å². The highest BCUT2D eigenvalue weighted by Crippen LogP contribution is 2.35. The van der Waals surface area contributed by atoms with Crippen LogP contribution in [0.3, 0.4) is 0 Å². The lowest BCUT2D eigenvalue weighted by molar-refractivity contribution is -0.169. The number of carbonyl (C=O) groups excluding carboxylic acids is 2. The van der Waals surface area contributed by atoms with Crippen LogP contribution in [-0.2, 0) is 19.1 Å². The van der Waals surface area contributed by atoms with Crippen LogP contribution in [0, 0.1) is 17.8 Å². The minimum atomic E-state index is -0.926. The summed E-state index contributed by atoms with van der Waals surface area (Å²) in [7, 11) is 0. The van der Waals surface area contributed by atoms with Crippen molar-refractivity contribution in [3.05, 3.63) is 28.2 Å². The van der Waals surface area contributed by atoms with E-state index in [4.69, 9.17) is 37.4 Å². The zero-order chi connectivity index (χ0) is 20.8. The van der Waals surface area contributed by atoms with Gasteiger partial charge in [-0.05, 0) is 55.7 Å². The Hall–Kier alpha value is -1.46. The molecule has 1 aliphatic carbocycles. The summed E-state index contributed by atoms with van der Waals surface area (Å²) in [6.07, 6.45) is 1.98. The Labute approximate surface area is 176 Å². The number of rotatable bonds is 7. The van der Waals surface area contributed by atoms with Gasteiger partial charge in [0.2, 0.25) is 0 Å². The molecule has 28 heavy (non-hydrogen) atoms. The van der Waals surface area contributed by atoms with Gasteiger partial charge in [-0.15, -0.1) is 0 Å². The zero-order valence-corrected chi connectivity index (χ0v) is 18.3. The predicted octanol–water partition coefficient (Wildman–Crippen LogP) is 5.31. The molecule has 0 saturated heterocycles. The van der Waals surface area contributed by atoms with Gasteiger partial charge in [-0.3, -0.25) is 0 Å². The van der Waals surface area contributed by atoms with E-state index in [-0.39, 0.29) is 11.1 Å². The molecule has 1 aromatic carbocycles. The summed E-state index contributed by atoms with van der Waals surface area (Å²) >= 11 is 11.9. The van der Waals surface area contributed by atoms with Crippen LogP contribution < -0.4 is 4.74 Å². The first-order valence-corrected chi connectivity index (χ1v) is 10.4. The van der Waals surface area contributed by atoms with E-state index in [1.54, 1.807) is 12.1 Å². The Bertz CT molecular complexity index is 691. The summed E-state index contributed by atoms with van der Waals surface area (Å²) in [5.74, 6) is 0.410. The van der Waals surface area contributed by atoms with Gasteiger partial charge in [0.25, 0.3) is 0 Å². The first-order valence-electron chi connectivity index (χ1n) is 9.65. The number of ether oxygens (including phenoxy) is 3. The quantitative estimate of drug-likeness (QED) is 0.548. The van der Waals surface area contributed by atoms with E-state index in [0.29, 0.717) is 28.5 Å². The van der Waals surface area contributed by atoms with Crippen LogP contribution in [0.2, 0.25) is 10.0 Å². The summed E-state index contributed by atoms with van der Waals surface area (Å²) in [6.45, 7) is 7.54. The lowest BCUT2D eigenvalue weighted by Gasteiger charge is -2.36. The van der Waals surface area contributed by atoms with Crippen LogP contribution in [0.4, 0.5) is 0 Å². The molecule has 0 unspecified atom stereocenters. The molecule has 1 saturated carbocycles. The van der Waals surface area contributed by atoms with Crippen LogP contribution in [0.25, 0.3) is 0 Å². The summed E-state index contributed by atoms with van der Waals surface area (Å²) in [5.41, 5.74) is 0. The van der Waals surface area contributed by atoms with Gasteiger partial charge in [0.15, 0.2) is 12.7 Å². The van der Waals surface area contributed by atoms with Crippen LogP contribution in [0.1, 0.15) is 47.0 Å². The van der Waals surface area contributed by atoms with E-state index < -0.39 is 24.6 Å². The number of halogens is 2. The van der Waals surface area contributed by atoms with Crippen molar-refractivity contribution in [3.8, 4) is 5.75 Å². The van der Waals surface area contributed by atoms with Crippen molar-refractivity contribution < 1.29 is 23.8 Å². The molecule has 0 aliphatic heterocycles. The van der Waals surface area contributed by atoms with E-state index in [1.807, 2.05) is 0 Å². The lowest BCUT2D eigenvalue weighted by atomic mass is 9.75. The van der Waals surface area contributed by atoms with Crippen molar-refractivity contribution in [2.45, 2.75) is 59.2 Å². The lowest BCUT2D eigenvalue weighted by Crippen LogP contribution is -2.37. The highest BCUT2D eigenvalue weighted by molar-refractivity contribution is 6.35. The fraction of sp³-hybridized carbons (Fsp3) is 0.619. The highest BCUT2D eigenvalue weighted by atomic mass is 35.5. The number of hydrogen-bond donors (Lipinski definition) is 0. The third kappa shape index (κ3) is 6.56. The summed E-state index contributed by atoms with van der Waals surface area (Å²) < 4.78 is 16.2. The minimum absolute atomic E-state index is 0.128. The van der Waals surface area contributed by atoms with E-state index in [9.17, 15) is 9.59 Å². The van der Waals surface area contributed by atoms with Crippen molar-refractivity contribution in [1.82, 2.24) is 0 Å². The maximum absolute atomic E-state index is 12.2. The number of hydrogen-bond acceptors (Lipinski definition) is 5. The molecule has 0 radical (unpaired) electrons. The average molecular weight is 431 g/mol. The molecular weight excluding hydrogens is 403 g/mol. The monoisotopic (exact) mass is 430 g/mol. The number of esters is 2. The second kappa shape index (κ2) is 10.4. The first-order chi connectivity index (χ1) is 13.2. The van der Waals surface area contributed by atoms with Crippen molar-refractivity contribution in [3.63, 3.8) is 0 Å². The SMILES string of the molecule is CC(C)[C@H]1CC[C@@H](C)C[C@@H]1OC(=O)COC(=O)[C@H](C)Oc1ccc(Cl)cc1Cl. The molecule has 156 valence electrons. The smallest absolute Gasteiger partial charge is 0.347 e. The van der Waals surface area contributed by atoms with Crippen LogP contribution in [-0.4, -0.2) is 30.8 Å². The Balaban J connectivity index is 1.83. The maximum atomic E-state index is 12.2. The van der Waals surface area contributed by atoms with Gasteiger partial charge in [0.1, 0.15) is 11.9 Å². The second-order valence-electron chi connectivity index (χ2n) is 7.80. The molecule has 1 fully saturated rings. The van der Waals surface area contributed by atoms with Crippen LogP contribution in [0.5, 0.6) is 5.75 Å². The molecular formula is C21H28Cl2O5. The topological polar surface area (TPSA) is 61.8 Å². The largest absolute Gasteiger partial charge is 0.477 e. The van der Waals surface area contributed by atoms with Crippen molar-refractivity contribution in [1.29, 1.82) is 0 Å². The Morgan fingerprint density at radius 2 is 1.89 bits per heavy atom. The molecule has 0 aromatic heterocycles. The van der Waals surface area contributed by atoms with Crippen molar-refractivity contribution in [2.75, 3.05) is 6.61 Å². The molecule has 2 rings (SSSR count).